The molecule has 1 heterocycles. The zero-order valence-corrected chi connectivity index (χ0v) is 23.8. The van der Waals surface area contributed by atoms with E-state index >= 15 is 0 Å². The number of unbranched alkanes of at least 4 members (excludes halogenated alkanes) is 2. The van der Waals surface area contributed by atoms with Crippen LogP contribution in [0.25, 0.3) is 0 Å². The SMILES string of the molecule is C=C(/C=C\C(=C/N)OCCCCCOc1ccc(/C=N/[C@H](CO)c2ccccc2)nc1)/C=N/[C@H](CO)c1ccccc1. The van der Waals surface area contributed by atoms with Gasteiger partial charge in [-0.3, -0.25) is 15.0 Å². The highest BCUT2D eigenvalue weighted by Gasteiger charge is 2.07. The molecule has 1 aromatic heterocycles. The Morgan fingerprint density at radius 1 is 0.833 bits per heavy atom. The number of pyridine rings is 1. The number of aromatic nitrogens is 1. The molecule has 0 saturated carbocycles. The highest BCUT2D eigenvalue weighted by atomic mass is 16.5. The van der Waals surface area contributed by atoms with Crippen LogP contribution in [0, 0.1) is 0 Å². The second-order valence-corrected chi connectivity index (χ2v) is 9.43. The number of benzene rings is 2. The molecule has 2 atom stereocenters. The van der Waals surface area contributed by atoms with Crippen LogP contribution in [0.1, 0.15) is 48.2 Å². The minimum atomic E-state index is -0.332. The second-order valence-electron chi connectivity index (χ2n) is 9.43. The van der Waals surface area contributed by atoms with Crippen molar-refractivity contribution >= 4 is 12.4 Å². The molecular formula is C34H40N4O4. The first-order valence-corrected chi connectivity index (χ1v) is 14.0. The van der Waals surface area contributed by atoms with Crippen LogP contribution in [0.4, 0.5) is 0 Å². The smallest absolute Gasteiger partial charge is 0.137 e. The van der Waals surface area contributed by atoms with Gasteiger partial charge in [-0.05, 0) is 54.2 Å². The third-order valence-electron chi connectivity index (χ3n) is 6.23. The van der Waals surface area contributed by atoms with E-state index in [9.17, 15) is 10.2 Å². The van der Waals surface area contributed by atoms with Gasteiger partial charge in [0.15, 0.2) is 0 Å². The molecule has 0 spiro atoms. The topological polar surface area (TPSA) is 123 Å². The number of rotatable bonds is 18. The van der Waals surface area contributed by atoms with Crippen LogP contribution in [-0.4, -0.2) is 54.1 Å². The molecule has 220 valence electrons. The number of hydrogen-bond acceptors (Lipinski definition) is 8. The van der Waals surface area contributed by atoms with Gasteiger partial charge in [-0.15, -0.1) is 0 Å². The lowest BCUT2D eigenvalue weighted by Crippen LogP contribution is -2.02. The minimum absolute atomic E-state index is 0.0691. The molecule has 2 aromatic carbocycles. The number of nitrogens with zero attached hydrogens (tertiary/aromatic N) is 3. The van der Waals surface area contributed by atoms with Gasteiger partial charge in [0, 0.05) is 18.6 Å². The van der Waals surface area contributed by atoms with Gasteiger partial charge >= 0.3 is 0 Å². The molecule has 0 aliphatic heterocycles. The highest BCUT2D eigenvalue weighted by Crippen LogP contribution is 2.17. The lowest BCUT2D eigenvalue weighted by molar-refractivity contribution is 0.212. The molecule has 0 saturated heterocycles. The molecule has 0 unspecified atom stereocenters. The normalized spacial score (nSPS) is 13.5. The molecule has 3 rings (SSSR count). The summed E-state index contributed by atoms with van der Waals surface area (Å²) in [4.78, 5) is 13.3. The largest absolute Gasteiger partial charge is 0.492 e. The summed E-state index contributed by atoms with van der Waals surface area (Å²) in [7, 11) is 0. The molecule has 0 aliphatic carbocycles. The highest BCUT2D eigenvalue weighted by molar-refractivity contribution is 5.81. The van der Waals surface area contributed by atoms with Crippen LogP contribution in [0.3, 0.4) is 0 Å². The predicted octanol–water partition coefficient (Wildman–Crippen LogP) is 5.52. The third kappa shape index (κ3) is 11.5. The first-order valence-electron chi connectivity index (χ1n) is 14.0. The number of allylic oxidation sites excluding steroid dienone is 3. The second kappa shape index (κ2) is 18.7. The van der Waals surface area contributed by atoms with Gasteiger partial charge in [0.2, 0.25) is 0 Å². The third-order valence-corrected chi connectivity index (χ3v) is 6.23. The van der Waals surface area contributed by atoms with Crippen molar-refractivity contribution in [3.63, 3.8) is 0 Å². The Morgan fingerprint density at radius 3 is 2.07 bits per heavy atom. The quantitative estimate of drug-likeness (QED) is 0.0804. The van der Waals surface area contributed by atoms with Gasteiger partial charge in [0.25, 0.3) is 0 Å². The average Bonchev–Trinajstić information content (AvgIpc) is 3.04. The number of aliphatic imine (C=N–C) groups is 2. The fourth-order valence-corrected chi connectivity index (χ4v) is 3.88. The molecule has 3 aromatic rings. The molecule has 4 N–H and O–H groups in total. The summed E-state index contributed by atoms with van der Waals surface area (Å²) in [6.45, 7) is 4.93. The van der Waals surface area contributed by atoms with E-state index in [1.807, 2.05) is 72.8 Å². The lowest BCUT2D eigenvalue weighted by atomic mass is 10.1. The molecule has 42 heavy (non-hydrogen) atoms. The summed E-state index contributed by atoms with van der Waals surface area (Å²) in [5.41, 5.74) is 8.97. The van der Waals surface area contributed by atoms with Crippen molar-refractivity contribution in [2.75, 3.05) is 26.4 Å². The molecule has 0 fully saturated rings. The molecule has 8 nitrogen and oxygen atoms in total. The number of aliphatic hydroxyl groups is 2. The van der Waals surface area contributed by atoms with Gasteiger partial charge in [-0.1, -0.05) is 73.3 Å². The average molecular weight is 569 g/mol. The molecule has 0 aliphatic rings. The van der Waals surface area contributed by atoms with Gasteiger partial charge in [0.1, 0.15) is 11.5 Å². The number of nitrogens with two attached hydrogens (primary N) is 1. The number of aliphatic hydroxyl groups excluding tert-OH is 2. The number of ether oxygens (including phenoxy) is 2. The zero-order valence-electron chi connectivity index (χ0n) is 23.8. The Labute approximate surface area is 248 Å². The van der Waals surface area contributed by atoms with E-state index in [0.29, 0.717) is 36.0 Å². The van der Waals surface area contributed by atoms with Crippen molar-refractivity contribution in [3.05, 3.63) is 132 Å². The monoisotopic (exact) mass is 568 g/mol. The first kappa shape index (κ1) is 32.0. The summed E-state index contributed by atoms with van der Waals surface area (Å²) >= 11 is 0. The van der Waals surface area contributed by atoms with Crippen LogP contribution in [0.15, 0.2) is 125 Å². The standard InChI is InChI=1S/C34H40N4O4/c1-27(22-37-33(25-39)28-11-5-2-6-12-28)15-17-31(21-35)41-19-9-4-10-20-42-32-18-16-30(36-24-32)23-38-34(26-40)29-13-7-3-8-14-29/h2-3,5-8,11-18,21-24,33-34,39-40H,1,4,9-10,19-20,25-26,35H2/b17-15-,31-21+,37-22+,38-23+/t33-,34-/m1/s1. The predicted molar refractivity (Wildman–Crippen MR) is 169 cm³/mol. The van der Waals surface area contributed by atoms with E-state index in [2.05, 4.69) is 21.5 Å². The fraction of sp³-hybridized carbons (Fsp3) is 0.265. The summed E-state index contributed by atoms with van der Waals surface area (Å²) in [6.07, 6.45) is 12.6. The van der Waals surface area contributed by atoms with Crippen LogP contribution >= 0.6 is 0 Å². The van der Waals surface area contributed by atoms with E-state index in [0.717, 1.165) is 30.4 Å². The van der Waals surface area contributed by atoms with Crippen LogP contribution in [0.2, 0.25) is 0 Å². The Hall–Kier alpha value is -4.53. The Kier molecular flexibility index (Phi) is 14.3. The van der Waals surface area contributed by atoms with Gasteiger partial charge < -0.3 is 25.4 Å². The maximum absolute atomic E-state index is 9.64. The van der Waals surface area contributed by atoms with E-state index in [-0.39, 0.29) is 25.3 Å². The molecule has 0 radical (unpaired) electrons. The van der Waals surface area contributed by atoms with E-state index in [1.54, 1.807) is 30.8 Å². The maximum Gasteiger partial charge on any atom is 0.137 e. The summed E-state index contributed by atoms with van der Waals surface area (Å²) in [5, 5.41) is 19.3. The van der Waals surface area contributed by atoms with E-state index in [1.165, 1.54) is 6.20 Å². The van der Waals surface area contributed by atoms with Gasteiger partial charge in [-0.25, -0.2) is 0 Å². The zero-order chi connectivity index (χ0) is 29.8. The fourth-order valence-electron chi connectivity index (χ4n) is 3.88. The molecule has 8 heteroatoms. The Morgan fingerprint density at radius 2 is 1.48 bits per heavy atom. The summed E-state index contributed by atoms with van der Waals surface area (Å²) in [6, 6.07) is 22.4. The van der Waals surface area contributed by atoms with Gasteiger partial charge in [0.05, 0.1) is 50.4 Å². The number of hydrogen-bond donors (Lipinski definition) is 3. The van der Waals surface area contributed by atoms with E-state index in [4.69, 9.17) is 15.2 Å². The Balaban J connectivity index is 1.30. The van der Waals surface area contributed by atoms with Crippen molar-refractivity contribution in [3.8, 4) is 5.75 Å². The minimum Gasteiger partial charge on any atom is -0.492 e. The van der Waals surface area contributed by atoms with E-state index < -0.39 is 0 Å². The lowest BCUT2D eigenvalue weighted by Gasteiger charge is -2.09. The maximum atomic E-state index is 9.64. The molecule has 0 bridgehead atoms. The van der Waals surface area contributed by atoms with Crippen molar-refractivity contribution < 1.29 is 19.7 Å². The molecule has 0 amide bonds. The van der Waals surface area contributed by atoms with Crippen molar-refractivity contribution in [2.45, 2.75) is 31.3 Å². The molecular weight excluding hydrogens is 528 g/mol. The first-order chi connectivity index (χ1) is 20.6. The summed E-state index contributed by atoms with van der Waals surface area (Å²) in [5.74, 6) is 1.24. The van der Waals surface area contributed by atoms with Gasteiger partial charge in [-0.2, -0.15) is 0 Å². The van der Waals surface area contributed by atoms with Crippen molar-refractivity contribution in [1.29, 1.82) is 0 Å². The van der Waals surface area contributed by atoms with Crippen molar-refractivity contribution in [1.82, 2.24) is 4.98 Å². The Bertz CT molecular complexity index is 1310. The summed E-state index contributed by atoms with van der Waals surface area (Å²) < 4.78 is 11.6. The van der Waals surface area contributed by atoms with Crippen LogP contribution < -0.4 is 10.5 Å². The van der Waals surface area contributed by atoms with Crippen LogP contribution in [0.5, 0.6) is 5.75 Å². The van der Waals surface area contributed by atoms with Crippen LogP contribution in [-0.2, 0) is 4.74 Å². The van der Waals surface area contributed by atoms with Crippen molar-refractivity contribution in [2.24, 2.45) is 15.7 Å².